The predicted octanol–water partition coefficient (Wildman–Crippen LogP) is 3.43. The van der Waals surface area contributed by atoms with Crippen molar-refractivity contribution in [1.29, 1.82) is 0 Å². The molecule has 0 spiro atoms. The summed E-state index contributed by atoms with van der Waals surface area (Å²) in [4.78, 5) is 5.34. The van der Waals surface area contributed by atoms with Gasteiger partial charge in [-0.3, -0.25) is 4.40 Å². The van der Waals surface area contributed by atoms with Gasteiger partial charge in [-0.05, 0) is 12.1 Å². The van der Waals surface area contributed by atoms with E-state index in [9.17, 15) is 4.39 Å². The molecule has 2 N–H and O–H groups in total. The molecule has 2 heterocycles. The van der Waals surface area contributed by atoms with Gasteiger partial charge in [0, 0.05) is 40.8 Å². The van der Waals surface area contributed by atoms with Crippen LogP contribution >= 0.6 is 22.9 Å². The summed E-state index contributed by atoms with van der Waals surface area (Å²) in [5, 5.41) is 2.31. The molecule has 2 aromatic heterocycles. The highest BCUT2D eigenvalue weighted by Crippen LogP contribution is 2.26. The molecule has 1 unspecified atom stereocenters. The summed E-state index contributed by atoms with van der Waals surface area (Å²) >= 11 is 7.55. The maximum atomic E-state index is 13.8. The standard InChI is InChI=1S/C13H11ClFN3S/c14-9-2-1-3-10(15)12(9)11(16)6-8-7-18-4-5-19-13(18)17-8/h1-5,7,11H,6,16H2. The van der Waals surface area contributed by atoms with Crippen molar-refractivity contribution >= 4 is 27.9 Å². The quantitative estimate of drug-likeness (QED) is 0.804. The number of hydrogen-bond acceptors (Lipinski definition) is 3. The summed E-state index contributed by atoms with van der Waals surface area (Å²) in [6, 6.07) is 4.08. The molecule has 0 aliphatic carbocycles. The van der Waals surface area contributed by atoms with E-state index in [1.54, 1.807) is 23.5 Å². The van der Waals surface area contributed by atoms with E-state index < -0.39 is 6.04 Å². The van der Waals surface area contributed by atoms with Crippen LogP contribution in [0.4, 0.5) is 4.39 Å². The second kappa shape index (κ2) is 4.92. The molecule has 3 nitrogen and oxygen atoms in total. The van der Waals surface area contributed by atoms with Crippen LogP contribution in [0.5, 0.6) is 0 Å². The molecule has 1 atom stereocenters. The number of nitrogens with two attached hydrogens (primary N) is 1. The lowest BCUT2D eigenvalue weighted by atomic mass is 10.0. The van der Waals surface area contributed by atoms with Crippen molar-refractivity contribution in [2.45, 2.75) is 12.5 Å². The third-order valence-electron chi connectivity index (χ3n) is 2.94. The minimum absolute atomic E-state index is 0.348. The van der Waals surface area contributed by atoms with Gasteiger partial charge < -0.3 is 5.73 Å². The highest BCUT2D eigenvalue weighted by Gasteiger charge is 2.17. The number of hydrogen-bond donors (Lipinski definition) is 1. The molecule has 98 valence electrons. The summed E-state index contributed by atoms with van der Waals surface area (Å²) in [6.07, 6.45) is 4.29. The first kappa shape index (κ1) is 12.6. The molecule has 0 saturated carbocycles. The van der Waals surface area contributed by atoms with Gasteiger partial charge in [-0.1, -0.05) is 17.7 Å². The molecule has 0 amide bonds. The normalized spacial score (nSPS) is 13.0. The molecule has 3 rings (SSSR count). The summed E-state index contributed by atoms with van der Waals surface area (Å²) in [6.45, 7) is 0. The van der Waals surface area contributed by atoms with Crippen molar-refractivity contribution in [2.24, 2.45) is 5.73 Å². The van der Waals surface area contributed by atoms with Crippen LogP contribution in [0.3, 0.4) is 0 Å². The number of imidazole rings is 1. The highest BCUT2D eigenvalue weighted by atomic mass is 35.5. The van der Waals surface area contributed by atoms with Crippen LogP contribution in [0.2, 0.25) is 5.02 Å². The van der Waals surface area contributed by atoms with E-state index in [4.69, 9.17) is 17.3 Å². The van der Waals surface area contributed by atoms with Crippen molar-refractivity contribution in [3.8, 4) is 0 Å². The largest absolute Gasteiger partial charge is 0.323 e. The summed E-state index contributed by atoms with van der Waals surface area (Å²) in [5.74, 6) is -0.374. The molecule has 0 bridgehead atoms. The smallest absolute Gasteiger partial charge is 0.193 e. The fraction of sp³-hybridized carbons (Fsp3) is 0.154. The minimum Gasteiger partial charge on any atom is -0.323 e. The zero-order chi connectivity index (χ0) is 13.4. The first-order valence-electron chi connectivity index (χ1n) is 5.75. The molecule has 0 radical (unpaired) electrons. The molecule has 6 heteroatoms. The lowest BCUT2D eigenvalue weighted by molar-refractivity contribution is 0.579. The van der Waals surface area contributed by atoms with E-state index in [0.29, 0.717) is 17.0 Å². The van der Waals surface area contributed by atoms with Gasteiger partial charge in [-0.25, -0.2) is 9.37 Å². The average Bonchev–Trinajstić information content (AvgIpc) is 2.89. The molecule has 1 aromatic carbocycles. The van der Waals surface area contributed by atoms with Crippen molar-refractivity contribution in [3.63, 3.8) is 0 Å². The van der Waals surface area contributed by atoms with E-state index in [-0.39, 0.29) is 5.82 Å². The molecule has 0 fully saturated rings. The van der Waals surface area contributed by atoms with E-state index in [2.05, 4.69) is 4.98 Å². The second-order valence-electron chi connectivity index (χ2n) is 4.27. The van der Waals surface area contributed by atoms with Gasteiger partial charge in [0.1, 0.15) is 5.82 Å². The van der Waals surface area contributed by atoms with Crippen molar-refractivity contribution in [3.05, 3.63) is 58.1 Å². The molecule has 19 heavy (non-hydrogen) atoms. The fourth-order valence-corrected chi connectivity index (χ4v) is 3.09. The predicted molar refractivity (Wildman–Crippen MR) is 75.1 cm³/mol. The summed E-state index contributed by atoms with van der Waals surface area (Å²) < 4.78 is 15.7. The Morgan fingerprint density at radius 2 is 2.32 bits per heavy atom. The average molecular weight is 296 g/mol. The highest BCUT2D eigenvalue weighted by molar-refractivity contribution is 7.15. The Morgan fingerprint density at radius 3 is 3.05 bits per heavy atom. The Morgan fingerprint density at radius 1 is 1.47 bits per heavy atom. The van der Waals surface area contributed by atoms with Crippen molar-refractivity contribution < 1.29 is 4.39 Å². The Hall–Kier alpha value is -1.43. The summed E-state index contributed by atoms with van der Waals surface area (Å²) in [7, 11) is 0. The van der Waals surface area contributed by atoms with Crippen LogP contribution in [0.15, 0.2) is 36.0 Å². The molecule has 0 aliphatic rings. The second-order valence-corrected chi connectivity index (χ2v) is 5.55. The number of rotatable bonds is 3. The van der Waals surface area contributed by atoms with E-state index in [1.807, 2.05) is 22.2 Å². The topological polar surface area (TPSA) is 43.3 Å². The Bertz CT molecular complexity index is 673. The van der Waals surface area contributed by atoms with E-state index in [0.717, 1.165) is 10.7 Å². The number of thiazole rings is 1. The maximum absolute atomic E-state index is 13.8. The van der Waals surface area contributed by atoms with Crippen LogP contribution in [-0.4, -0.2) is 9.38 Å². The van der Waals surface area contributed by atoms with Gasteiger partial charge in [-0.2, -0.15) is 0 Å². The monoisotopic (exact) mass is 295 g/mol. The SMILES string of the molecule is NC(Cc1cn2ccsc2n1)c1c(F)cccc1Cl. The Kier molecular flexibility index (Phi) is 3.26. The minimum atomic E-state index is -0.502. The Balaban J connectivity index is 1.88. The summed E-state index contributed by atoms with van der Waals surface area (Å²) in [5.41, 5.74) is 7.23. The van der Waals surface area contributed by atoms with Crippen LogP contribution in [-0.2, 0) is 6.42 Å². The number of halogens is 2. The molecule has 0 aliphatic heterocycles. The molecule has 0 saturated heterocycles. The third kappa shape index (κ3) is 2.36. The first-order chi connectivity index (χ1) is 9.15. The lowest BCUT2D eigenvalue weighted by Gasteiger charge is -2.13. The molecule has 3 aromatic rings. The van der Waals surface area contributed by atoms with E-state index in [1.165, 1.54) is 6.07 Å². The van der Waals surface area contributed by atoms with Gasteiger partial charge in [0.25, 0.3) is 0 Å². The number of fused-ring (bicyclic) bond motifs is 1. The third-order valence-corrected chi connectivity index (χ3v) is 4.04. The Labute approximate surface area is 118 Å². The van der Waals surface area contributed by atoms with Crippen LogP contribution in [0, 0.1) is 5.82 Å². The number of benzene rings is 1. The first-order valence-corrected chi connectivity index (χ1v) is 7.01. The van der Waals surface area contributed by atoms with E-state index >= 15 is 0 Å². The fourth-order valence-electron chi connectivity index (χ4n) is 2.07. The van der Waals surface area contributed by atoms with Crippen LogP contribution in [0.25, 0.3) is 4.96 Å². The lowest BCUT2D eigenvalue weighted by Crippen LogP contribution is -2.15. The number of aromatic nitrogens is 2. The van der Waals surface area contributed by atoms with Gasteiger partial charge in [0.2, 0.25) is 0 Å². The van der Waals surface area contributed by atoms with Crippen molar-refractivity contribution in [1.82, 2.24) is 9.38 Å². The zero-order valence-electron chi connectivity index (χ0n) is 9.88. The van der Waals surface area contributed by atoms with Gasteiger partial charge in [0.15, 0.2) is 4.96 Å². The number of nitrogens with zero attached hydrogens (tertiary/aromatic N) is 2. The van der Waals surface area contributed by atoms with Gasteiger partial charge in [0.05, 0.1) is 5.69 Å². The van der Waals surface area contributed by atoms with Crippen LogP contribution < -0.4 is 5.73 Å². The van der Waals surface area contributed by atoms with Gasteiger partial charge >= 0.3 is 0 Å². The van der Waals surface area contributed by atoms with Crippen molar-refractivity contribution in [2.75, 3.05) is 0 Å². The maximum Gasteiger partial charge on any atom is 0.193 e. The van der Waals surface area contributed by atoms with Gasteiger partial charge in [-0.15, -0.1) is 11.3 Å². The molecular formula is C13H11ClFN3S. The zero-order valence-corrected chi connectivity index (χ0v) is 11.5. The van der Waals surface area contributed by atoms with Crippen LogP contribution in [0.1, 0.15) is 17.3 Å². The molecular weight excluding hydrogens is 285 g/mol.